The minimum Gasteiger partial charge on any atom is -0.397 e. The summed E-state index contributed by atoms with van der Waals surface area (Å²) in [5, 5.41) is 4.38. The number of hydrogen-bond acceptors (Lipinski definition) is 4. The van der Waals surface area contributed by atoms with Gasteiger partial charge in [0.05, 0.1) is 26.6 Å². The van der Waals surface area contributed by atoms with Crippen LogP contribution in [-0.2, 0) is 0 Å². The molecule has 0 radical (unpaired) electrons. The SMILES string of the molecule is Cc1nc2cc(Nc3cc(F)cc(Cl)c3)c(N)cc2s1. The number of aryl methyl sites for hydroxylation is 1. The number of thiazole rings is 1. The summed E-state index contributed by atoms with van der Waals surface area (Å²) in [5.41, 5.74) is 8.70. The predicted molar refractivity (Wildman–Crippen MR) is 83.5 cm³/mol. The van der Waals surface area contributed by atoms with Gasteiger partial charge in [0.15, 0.2) is 0 Å². The lowest BCUT2D eigenvalue weighted by atomic mass is 10.2. The maximum atomic E-state index is 13.3. The molecule has 0 aliphatic carbocycles. The lowest BCUT2D eigenvalue weighted by molar-refractivity contribution is 0.628. The molecule has 3 rings (SSSR count). The summed E-state index contributed by atoms with van der Waals surface area (Å²) >= 11 is 7.42. The van der Waals surface area contributed by atoms with Crippen molar-refractivity contribution in [1.29, 1.82) is 0 Å². The van der Waals surface area contributed by atoms with E-state index in [4.69, 9.17) is 17.3 Å². The molecule has 0 unspecified atom stereocenters. The minimum absolute atomic E-state index is 0.330. The Morgan fingerprint density at radius 3 is 2.80 bits per heavy atom. The van der Waals surface area contributed by atoms with Crippen molar-refractivity contribution in [3.63, 3.8) is 0 Å². The number of fused-ring (bicyclic) bond motifs is 1. The summed E-state index contributed by atoms with van der Waals surface area (Å²) in [6, 6.07) is 7.97. The summed E-state index contributed by atoms with van der Waals surface area (Å²) in [5.74, 6) is -0.399. The highest BCUT2D eigenvalue weighted by atomic mass is 35.5. The van der Waals surface area contributed by atoms with Crippen molar-refractivity contribution in [3.05, 3.63) is 46.2 Å². The maximum Gasteiger partial charge on any atom is 0.126 e. The van der Waals surface area contributed by atoms with E-state index in [9.17, 15) is 4.39 Å². The van der Waals surface area contributed by atoms with Crippen LogP contribution in [0.2, 0.25) is 5.02 Å². The molecule has 0 bridgehead atoms. The van der Waals surface area contributed by atoms with Gasteiger partial charge in [-0.25, -0.2) is 9.37 Å². The first-order valence-corrected chi connectivity index (χ1v) is 7.10. The Labute approximate surface area is 124 Å². The average Bonchev–Trinajstić information content (AvgIpc) is 2.67. The van der Waals surface area contributed by atoms with Crippen LogP contribution in [0.3, 0.4) is 0 Å². The third kappa shape index (κ3) is 2.55. The molecule has 0 aliphatic heterocycles. The van der Waals surface area contributed by atoms with Crippen molar-refractivity contribution < 1.29 is 4.39 Å². The van der Waals surface area contributed by atoms with Gasteiger partial charge in [0.1, 0.15) is 5.82 Å². The second-order valence-electron chi connectivity index (χ2n) is 4.42. The highest BCUT2D eigenvalue weighted by Crippen LogP contribution is 2.32. The van der Waals surface area contributed by atoms with Crippen LogP contribution < -0.4 is 11.1 Å². The molecule has 0 amide bonds. The highest BCUT2D eigenvalue weighted by Gasteiger charge is 2.07. The fourth-order valence-electron chi connectivity index (χ4n) is 1.99. The topological polar surface area (TPSA) is 50.9 Å². The molecule has 1 aromatic heterocycles. The third-order valence-corrected chi connectivity index (χ3v) is 3.96. The van der Waals surface area contributed by atoms with Crippen molar-refractivity contribution in [3.8, 4) is 0 Å². The first kappa shape index (κ1) is 13.1. The number of anilines is 3. The summed E-state index contributed by atoms with van der Waals surface area (Å²) in [7, 11) is 0. The molecule has 0 spiro atoms. The molecule has 6 heteroatoms. The van der Waals surface area contributed by atoms with Gasteiger partial charge in [-0.2, -0.15) is 0 Å². The van der Waals surface area contributed by atoms with E-state index in [1.54, 1.807) is 17.4 Å². The second kappa shape index (κ2) is 4.92. The van der Waals surface area contributed by atoms with Crippen LogP contribution in [0.25, 0.3) is 10.2 Å². The molecule has 0 saturated heterocycles. The number of halogens is 2. The van der Waals surface area contributed by atoms with Crippen molar-refractivity contribution in [2.75, 3.05) is 11.1 Å². The Morgan fingerprint density at radius 1 is 1.25 bits per heavy atom. The molecule has 102 valence electrons. The number of nitrogens with one attached hydrogen (secondary N) is 1. The zero-order valence-corrected chi connectivity index (χ0v) is 12.1. The van der Waals surface area contributed by atoms with E-state index in [1.807, 2.05) is 19.1 Å². The van der Waals surface area contributed by atoms with E-state index in [2.05, 4.69) is 10.3 Å². The van der Waals surface area contributed by atoms with Gasteiger partial charge in [-0.15, -0.1) is 11.3 Å². The van der Waals surface area contributed by atoms with Crippen LogP contribution >= 0.6 is 22.9 Å². The van der Waals surface area contributed by atoms with E-state index in [-0.39, 0.29) is 0 Å². The van der Waals surface area contributed by atoms with E-state index < -0.39 is 5.82 Å². The Kier molecular flexibility index (Phi) is 3.23. The number of hydrogen-bond donors (Lipinski definition) is 2. The number of nitrogen functional groups attached to an aromatic ring is 1. The van der Waals surface area contributed by atoms with E-state index in [0.29, 0.717) is 22.1 Å². The van der Waals surface area contributed by atoms with Gasteiger partial charge in [0.25, 0.3) is 0 Å². The molecule has 3 nitrogen and oxygen atoms in total. The molecule has 0 aliphatic rings. The zero-order chi connectivity index (χ0) is 14.3. The largest absolute Gasteiger partial charge is 0.397 e. The first-order chi connectivity index (χ1) is 9.51. The molecular formula is C14H11ClFN3S. The Morgan fingerprint density at radius 2 is 2.05 bits per heavy atom. The Bertz CT molecular complexity index is 780. The van der Waals surface area contributed by atoms with Crippen LogP contribution in [0.5, 0.6) is 0 Å². The fourth-order valence-corrected chi connectivity index (χ4v) is 3.07. The van der Waals surface area contributed by atoms with Crippen LogP contribution in [0, 0.1) is 12.7 Å². The van der Waals surface area contributed by atoms with E-state index in [1.165, 1.54) is 12.1 Å². The van der Waals surface area contributed by atoms with Crippen LogP contribution in [-0.4, -0.2) is 4.98 Å². The van der Waals surface area contributed by atoms with Gasteiger partial charge in [-0.3, -0.25) is 0 Å². The fraction of sp³-hybridized carbons (Fsp3) is 0.0714. The molecule has 0 atom stereocenters. The second-order valence-corrected chi connectivity index (χ2v) is 6.09. The third-order valence-electron chi connectivity index (χ3n) is 2.81. The van der Waals surface area contributed by atoms with Gasteiger partial charge < -0.3 is 11.1 Å². The quantitative estimate of drug-likeness (QED) is 0.673. The average molecular weight is 308 g/mol. The van der Waals surface area contributed by atoms with Gasteiger partial charge in [-0.05, 0) is 37.3 Å². The number of aromatic nitrogens is 1. The lowest BCUT2D eigenvalue weighted by Gasteiger charge is -2.10. The summed E-state index contributed by atoms with van der Waals surface area (Å²) < 4.78 is 14.4. The molecular weight excluding hydrogens is 297 g/mol. The predicted octanol–water partition coefficient (Wildman–Crippen LogP) is 4.72. The minimum atomic E-state index is -0.399. The van der Waals surface area contributed by atoms with Crippen molar-refractivity contribution in [2.45, 2.75) is 6.92 Å². The number of rotatable bonds is 2. The van der Waals surface area contributed by atoms with Gasteiger partial charge in [0, 0.05) is 10.7 Å². The van der Waals surface area contributed by atoms with Crippen LogP contribution in [0.15, 0.2) is 30.3 Å². The van der Waals surface area contributed by atoms with E-state index in [0.717, 1.165) is 15.2 Å². The number of benzene rings is 2. The Hall–Kier alpha value is -1.85. The molecule has 1 heterocycles. The number of nitrogens with zero attached hydrogens (tertiary/aromatic N) is 1. The standard InChI is InChI=1S/C14H11ClFN3S/c1-7-18-13-6-12(11(17)5-14(13)20-7)19-10-3-8(15)2-9(16)4-10/h2-6,19H,17H2,1H3. The normalized spacial score (nSPS) is 10.9. The van der Waals surface area contributed by atoms with Gasteiger partial charge in [0.2, 0.25) is 0 Å². The molecule has 20 heavy (non-hydrogen) atoms. The smallest absolute Gasteiger partial charge is 0.126 e. The lowest BCUT2D eigenvalue weighted by Crippen LogP contribution is -1.96. The molecule has 0 saturated carbocycles. The monoisotopic (exact) mass is 307 g/mol. The van der Waals surface area contributed by atoms with Gasteiger partial charge >= 0.3 is 0 Å². The van der Waals surface area contributed by atoms with Crippen molar-refractivity contribution in [2.24, 2.45) is 0 Å². The Balaban J connectivity index is 2.03. The van der Waals surface area contributed by atoms with Crippen LogP contribution in [0.1, 0.15) is 5.01 Å². The van der Waals surface area contributed by atoms with E-state index >= 15 is 0 Å². The van der Waals surface area contributed by atoms with Crippen molar-refractivity contribution >= 4 is 50.2 Å². The maximum absolute atomic E-state index is 13.3. The summed E-state index contributed by atoms with van der Waals surface area (Å²) in [6.07, 6.45) is 0. The molecule has 2 aromatic carbocycles. The van der Waals surface area contributed by atoms with Crippen LogP contribution in [0.4, 0.5) is 21.5 Å². The summed E-state index contributed by atoms with van der Waals surface area (Å²) in [6.45, 7) is 1.94. The molecule has 3 aromatic rings. The number of nitrogens with two attached hydrogens (primary N) is 1. The zero-order valence-electron chi connectivity index (χ0n) is 10.6. The first-order valence-electron chi connectivity index (χ1n) is 5.91. The van der Waals surface area contributed by atoms with Gasteiger partial charge in [-0.1, -0.05) is 11.6 Å². The molecule has 3 N–H and O–H groups in total. The summed E-state index contributed by atoms with van der Waals surface area (Å²) in [4.78, 5) is 4.41. The molecule has 0 fully saturated rings. The highest BCUT2D eigenvalue weighted by molar-refractivity contribution is 7.18. The van der Waals surface area contributed by atoms with Crippen molar-refractivity contribution in [1.82, 2.24) is 4.98 Å².